The lowest BCUT2D eigenvalue weighted by molar-refractivity contribution is -0.385. The molecule has 0 fully saturated rings. The van der Waals surface area contributed by atoms with Crippen molar-refractivity contribution in [2.45, 2.75) is 19.6 Å². The Morgan fingerprint density at radius 3 is 2.62 bits per heavy atom. The fourth-order valence-electron chi connectivity index (χ4n) is 2.64. The van der Waals surface area contributed by atoms with Gasteiger partial charge in [0.2, 0.25) is 0 Å². The number of nitro benzene ring substituents is 1. The zero-order valence-corrected chi connectivity index (χ0v) is 12.9. The monoisotopic (exact) mass is 325 g/mol. The van der Waals surface area contributed by atoms with Gasteiger partial charge in [0.25, 0.3) is 11.2 Å². The highest BCUT2D eigenvalue weighted by molar-refractivity contribution is 5.83. The molecule has 0 saturated heterocycles. The van der Waals surface area contributed by atoms with Crippen molar-refractivity contribution in [3.8, 4) is 0 Å². The molecule has 2 aromatic carbocycles. The van der Waals surface area contributed by atoms with Gasteiger partial charge in [-0.2, -0.15) is 5.10 Å². The Labute approximate surface area is 136 Å². The topological polar surface area (TPSA) is 98.3 Å². The lowest BCUT2D eigenvalue weighted by Gasteiger charge is -2.13. The predicted molar refractivity (Wildman–Crippen MR) is 88.8 cm³/mol. The van der Waals surface area contributed by atoms with E-state index in [-0.39, 0.29) is 17.8 Å². The van der Waals surface area contributed by atoms with Crippen LogP contribution in [0.4, 0.5) is 5.69 Å². The molecule has 0 amide bonds. The van der Waals surface area contributed by atoms with Crippen LogP contribution >= 0.6 is 0 Å². The molecule has 0 spiro atoms. The highest BCUT2D eigenvalue weighted by Crippen LogP contribution is 2.20. The molecule has 0 aliphatic rings. The first-order valence-electron chi connectivity index (χ1n) is 7.36. The van der Waals surface area contributed by atoms with Gasteiger partial charge < -0.3 is 5.11 Å². The van der Waals surface area contributed by atoms with Crippen LogP contribution in [0.5, 0.6) is 0 Å². The fourth-order valence-corrected chi connectivity index (χ4v) is 2.64. The first-order chi connectivity index (χ1) is 11.5. The minimum Gasteiger partial charge on any atom is -0.386 e. The van der Waals surface area contributed by atoms with E-state index in [2.05, 4.69) is 5.10 Å². The van der Waals surface area contributed by atoms with Crippen molar-refractivity contribution in [3.63, 3.8) is 0 Å². The van der Waals surface area contributed by atoms with Crippen molar-refractivity contribution in [3.05, 3.63) is 80.3 Å². The molecule has 1 N–H and O–H groups in total. The van der Waals surface area contributed by atoms with Crippen molar-refractivity contribution in [2.24, 2.45) is 0 Å². The van der Waals surface area contributed by atoms with E-state index in [0.717, 1.165) is 5.39 Å². The molecule has 3 aromatic rings. The lowest BCUT2D eigenvalue weighted by atomic mass is 10.1. The Morgan fingerprint density at radius 2 is 1.92 bits per heavy atom. The smallest absolute Gasteiger partial charge is 0.274 e. The first-order valence-corrected chi connectivity index (χ1v) is 7.36. The van der Waals surface area contributed by atoms with Gasteiger partial charge in [0.15, 0.2) is 0 Å². The third-order valence-electron chi connectivity index (χ3n) is 3.86. The van der Waals surface area contributed by atoms with Crippen LogP contribution in [0.15, 0.2) is 53.3 Å². The second kappa shape index (κ2) is 6.21. The minimum atomic E-state index is -1.07. The molecule has 0 saturated carbocycles. The van der Waals surface area contributed by atoms with E-state index < -0.39 is 11.0 Å². The van der Waals surface area contributed by atoms with Gasteiger partial charge in [-0.05, 0) is 18.6 Å². The van der Waals surface area contributed by atoms with E-state index in [9.17, 15) is 20.0 Å². The average Bonchev–Trinajstić information content (AvgIpc) is 2.59. The van der Waals surface area contributed by atoms with Crippen molar-refractivity contribution in [1.82, 2.24) is 9.78 Å². The molecule has 1 unspecified atom stereocenters. The Balaban J connectivity index is 1.98. The summed E-state index contributed by atoms with van der Waals surface area (Å²) >= 11 is 0. The van der Waals surface area contributed by atoms with Crippen molar-refractivity contribution >= 4 is 16.5 Å². The van der Waals surface area contributed by atoms with Crippen molar-refractivity contribution < 1.29 is 10.0 Å². The molecular formula is C17H15N3O4. The Kier molecular flexibility index (Phi) is 4.09. The zero-order chi connectivity index (χ0) is 17.3. The zero-order valence-electron chi connectivity index (χ0n) is 12.9. The standard InChI is InChI=1S/C17H15N3O4/c1-11-14-7-2-3-8-15(14)17(22)19(18-11)10-16(21)12-5-4-6-13(9-12)20(23)24/h2-9,16,21H,10H2,1H3. The molecule has 7 nitrogen and oxygen atoms in total. The number of fused-ring (bicyclic) bond motifs is 1. The summed E-state index contributed by atoms with van der Waals surface area (Å²) in [5.41, 5.74) is 0.627. The average molecular weight is 325 g/mol. The van der Waals surface area contributed by atoms with Crippen molar-refractivity contribution in [1.29, 1.82) is 0 Å². The summed E-state index contributed by atoms with van der Waals surface area (Å²) < 4.78 is 1.20. The van der Waals surface area contributed by atoms with Gasteiger partial charge in [0.1, 0.15) is 0 Å². The number of rotatable bonds is 4. The molecule has 1 atom stereocenters. The molecule has 3 rings (SSSR count). The van der Waals surface area contributed by atoms with Gasteiger partial charge in [0, 0.05) is 17.5 Å². The third-order valence-corrected chi connectivity index (χ3v) is 3.86. The van der Waals surface area contributed by atoms with E-state index in [0.29, 0.717) is 16.6 Å². The van der Waals surface area contributed by atoms with E-state index in [1.165, 1.54) is 22.9 Å². The number of aliphatic hydroxyl groups excluding tert-OH is 1. The van der Waals surface area contributed by atoms with E-state index in [1.807, 2.05) is 12.1 Å². The van der Waals surface area contributed by atoms with Gasteiger partial charge in [-0.3, -0.25) is 14.9 Å². The number of non-ortho nitro benzene ring substituents is 1. The Bertz CT molecular complexity index is 981. The second-order valence-electron chi connectivity index (χ2n) is 5.49. The quantitative estimate of drug-likeness (QED) is 0.586. The molecule has 0 bridgehead atoms. The number of aryl methyl sites for hydroxylation is 1. The summed E-state index contributed by atoms with van der Waals surface area (Å²) in [6.07, 6.45) is -1.07. The van der Waals surface area contributed by atoms with Crippen LogP contribution in [0.2, 0.25) is 0 Å². The number of aromatic nitrogens is 2. The molecule has 24 heavy (non-hydrogen) atoms. The van der Waals surface area contributed by atoms with Gasteiger partial charge >= 0.3 is 0 Å². The van der Waals surface area contributed by atoms with Crippen LogP contribution in [0.1, 0.15) is 17.4 Å². The van der Waals surface area contributed by atoms with Gasteiger partial charge in [0.05, 0.1) is 28.7 Å². The normalized spacial score (nSPS) is 12.2. The molecular weight excluding hydrogens is 310 g/mol. The highest BCUT2D eigenvalue weighted by atomic mass is 16.6. The Hall–Kier alpha value is -3.06. The Morgan fingerprint density at radius 1 is 1.21 bits per heavy atom. The number of hydrogen-bond acceptors (Lipinski definition) is 5. The summed E-state index contributed by atoms with van der Waals surface area (Å²) in [5.74, 6) is 0. The number of hydrogen-bond donors (Lipinski definition) is 1. The van der Waals surface area contributed by atoms with Crippen LogP contribution < -0.4 is 5.56 Å². The van der Waals surface area contributed by atoms with Crippen molar-refractivity contribution in [2.75, 3.05) is 0 Å². The van der Waals surface area contributed by atoms with Crippen LogP contribution in [-0.2, 0) is 6.54 Å². The molecule has 1 aromatic heterocycles. The molecule has 7 heteroatoms. The van der Waals surface area contributed by atoms with Crippen LogP contribution in [0.25, 0.3) is 10.8 Å². The van der Waals surface area contributed by atoms with E-state index in [4.69, 9.17) is 0 Å². The van der Waals surface area contributed by atoms with E-state index in [1.54, 1.807) is 25.1 Å². The van der Waals surface area contributed by atoms with Gasteiger partial charge in [-0.15, -0.1) is 0 Å². The second-order valence-corrected chi connectivity index (χ2v) is 5.49. The predicted octanol–water partition coefficient (Wildman–Crippen LogP) is 2.35. The summed E-state index contributed by atoms with van der Waals surface area (Å²) in [6, 6.07) is 12.9. The maximum Gasteiger partial charge on any atom is 0.274 e. The van der Waals surface area contributed by atoms with Crippen LogP contribution in [-0.4, -0.2) is 19.8 Å². The molecule has 122 valence electrons. The summed E-state index contributed by atoms with van der Waals surface area (Å²) in [7, 11) is 0. The number of aliphatic hydroxyl groups is 1. The largest absolute Gasteiger partial charge is 0.386 e. The molecule has 0 aliphatic carbocycles. The summed E-state index contributed by atoms with van der Waals surface area (Å²) in [6.45, 7) is 1.71. The maximum atomic E-state index is 12.5. The first kappa shape index (κ1) is 15.8. The summed E-state index contributed by atoms with van der Waals surface area (Å²) in [4.78, 5) is 22.8. The van der Waals surface area contributed by atoms with Gasteiger partial charge in [-0.25, -0.2) is 4.68 Å². The molecule has 0 aliphatic heterocycles. The fraction of sp³-hybridized carbons (Fsp3) is 0.176. The van der Waals surface area contributed by atoms with Crippen LogP contribution in [0, 0.1) is 17.0 Å². The third kappa shape index (κ3) is 2.89. The minimum absolute atomic E-state index is 0.0777. The molecule has 1 heterocycles. The van der Waals surface area contributed by atoms with E-state index >= 15 is 0 Å². The lowest BCUT2D eigenvalue weighted by Crippen LogP contribution is -2.26. The van der Waals surface area contributed by atoms with Gasteiger partial charge in [-0.1, -0.05) is 30.3 Å². The highest BCUT2D eigenvalue weighted by Gasteiger charge is 2.15. The number of nitro groups is 1. The maximum absolute atomic E-state index is 12.5. The number of nitrogens with zero attached hydrogens (tertiary/aromatic N) is 3. The SMILES string of the molecule is Cc1nn(CC(O)c2cccc([N+](=O)[O-])c2)c(=O)c2ccccc12. The molecule has 0 radical (unpaired) electrons. The number of benzene rings is 2. The summed E-state index contributed by atoms with van der Waals surface area (Å²) in [5, 5.41) is 26.7. The van der Waals surface area contributed by atoms with Crippen LogP contribution in [0.3, 0.4) is 0 Å².